The van der Waals surface area contributed by atoms with Gasteiger partial charge in [-0.05, 0) is 32.9 Å². The zero-order chi connectivity index (χ0) is 18.5. The molecule has 1 fully saturated rings. The summed E-state index contributed by atoms with van der Waals surface area (Å²) in [5, 5.41) is 7.93. The summed E-state index contributed by atoms with van der Waals surface area (Å²) in [5.74, 6) is 0.925. The number of hydrogen-bond acceptors (Lipinski definition) is 7. The first kappa shape index (κ1) is 18.6. The molecule has 3 rings (SSSR count). The summed E-state index contributed by atoms with van der Waals surface area (Å²) in [6.45, 7) is 11.3. The van der Waals surface area contributed by atoms with E-state index < -0.39 is 0 Å². The lowest BCUT2D eigenvalue weighted by atomic mass is 9.97. The van der Waals surface area contributed by atoms with E-state index in [1.54, 1.807) is 0 Å². The number of hydrogen-bond donors (Lipinski definition) is 1. The van der Waals surface area contributed by atoms with E-state index in [9.17, 15) is 4.79 Å². The lowest BCUT2D eigenvalue weighted by molar-refractivity contribution is -0.125. The summed E-state index contributed by atoms with van der Waals surface area (Å²) in [5.41, 5.74) is 1.28. The number of anilines is 1. The fourth-order valence-electron chi connectivity index (χ4n) is 3.55. The van der Waals surface area contributed by atoms with Gasteiger partial charge in [-0.15, -0.1) is 0 Å². The smallest absolute Gasteiger partial charge is 0.263 e. The lowest BCUT2D eigenvalue weighted by Gasteiger charge is -2.33. The minimum absolute atomic E-state index is 0.0226. The van der Waals surface area contributed by atoms with Crippen molar-refractivity contribution >= 4 is 22.8 Å². The molecule has 1 atom stereocenters. The van der Waals surface area contributed by atoms with Crippen molar-refractivity contribution in [3.63, 3.8) is 0 Å². The van der Waals surface area contributed by atoms with E-state index >= 15 is 0 Å². The Morgan fingerprint density at radius 1 is 1.38 bits per heavy atom. The quantitative estimate of drug-likeness (QED) is 0.802. The van der Waals surface area contributed by atoms with Gasteiger partial charge in [-0.25, -0.2) is 4.98 Å². The summed E-state index contributed by atoms with van der Waals surface area (Å²) in [7, 11) is 0. The van der Waals surface area contributed by atoms with Crippen LogP contribution in [0.1, 0.15) is 32.4 Å². The first-order valence-corrected chi connectivity index (χ1v) is 9.46. The van der Waals surface area contributed by atoms with Crippen molar-refractivity contribution in [2.75, 3.05) is 44.2 Å². The monoisotopic (exact) mass is 360 g/mol. The van der Waals surface area contributed by atoms with Crippen molar-refractivity contribution in [1.29, 1.82) is 0 Å². The van der Waals surface area contributed by atoms with Gasteiger partial charge < -0.3 is 19.6 Å². The van der Waals surface area contributed by atoms with Crippen molar-refractivity contribution in [3.8, 4) is 0 Å². The second-order valence-corrected chi connectivity index (χ2v) is 6.75. The summed E-state index contributed by atoms with van der Waals surface area (Å²) >= 11 is 0. The largest absolute Gasteiger partial charge is 0.355 e. The molecule has 1 aliphatic rings. The first-order chi connectivity index (χ1) is 12.6. The van der Waals surface area contributed by atoms with Gasteiger partial charge in [0, 0.05) is 26.2 Å². The molecule has 1 N–H and O–H groups in total. The van der Waals surface area contributed by atoms with E-state index in [0.717, 1.165) is 55.9 Å². The Hall–Kier alpha value is -2.22. The molecular weight excluding hydrogens is 332 g/mol. The highest BCUT2D eigenvalue weighted by atomic mass is 16.5. The molecule has 2 aromatic rings. The highest BCUT2D eigenvalue weighted by molar-refractivity contribution is 5.88. The van der Waals surface area contributed by atoms with Crippen LogP contribution in [0.2, 0.25) is 0 Å². The van der Waals surface area contributed by atoms with Gasteiger partial charge in [-0.1, -0.05) is 19.0 Å². The summed E-state index contributed by atoms with van der Waals surface area (Å²) < 4.78 is 5.24. The van der Waals surface area contributed by atoms with E-state index in [2.05, 4.69) is 44.1 Å². The second-order valence-electron chi connectivity index (χ2n) is 6.75. The molecule has 8 heteroatoms. The number of amides is 1. The van der Waals surface area contributed by atoms with Crippen LogP contribution in [0, 0.1) is 12.8 Å². The third-order valence-electron chi connectivity index (χ3n) is 5.14. The van der Waals surface area contributed by atoms with Crippen LogP contribution in [0.25, 0.3) is 11.1 Å². The highest BCUT2D eigenvalue weighted by Gasteiger charge is 2.28. The lowest BCUT2D eigenvalue weighted by Crippen LogP contribution is -2.45. The van der Waals surface area contributed by atoms with Crippen LogP contribution in [-0.4, -0.2) is 65.2 Å². The molecule has 26 heavy (non-hydrogen) atoms. The van der Waals surface area contributed by atoms with Gasteiger partial charge in [0.05, 0.1) is 11.6 Å². The maximum absolute atomic E-state index is 12.6. The Labute approximate surface area is 153 Å². The van der Waals surface area contributed by atoms with Gasteiger partial charge in [0.15, 0.2) is 0 Å². The summed E-state index contributed by atoms with van der Waals surface area (Å²) in [6.07, 6.45) is 3.37. The molecule has 1 unspecified atom stereocenters. The SMILES string of the molecule is CCN(CC)CCNC(=O)C1CCCN(c2ncnc3onc(C)c23)C1. The highest BCUT2D eigenvalue weighted by Crippen LogP contribution is 2.29. The van der Waals surface area contributed by atoms with Gasteiger partial charge in [0.25, 0.3) is 5.71 Å². The fraction of sp³-hybridized carbons (Fsp3) is 0.667. The molecule has 142 valence electrons. The maximum Gasteiger partial charge on any atom is 0.263 e. The zero-order valence-electron chi connectivity index (χ0n) is 15.9. The normalized spacial score (nSPS) is 17.8. The predicted molar refractivity (Wildman–Crippen MR) is 100 cm³/mol. The van der Waals surface area contributed by atoms with Crippen molar-refractivity contribution < 1.29 is 9.32 Å². The van der Waals surface area contributed by atoms with Gasteiger partial charge in [0.2, 0.25) is 5.91 Å². The standard InChI is InChI=1S/C18H28N6O2/c1-4-23(5-2)10-8-19-17(25)14-7-6-9-24(11-14)16-15-13(3)22-26-18(15)21-12-20-16/h12,14H,4-11H2,1-3H3,(H,19,25). The number of aromatic nitrogens is 3. The third-order valence-corrected chi connectivity index (χ3v) is 5.14. The molecular formula is C18H28N6O2. The number of carbonyl (C=O) groups is 1. The molecule has 1 saturated heterocycles. The summed E-state index contributed by atoms with van der Waals surface area (Å²) in [4.78, 5) is 25.6. The number of piperidine rings is 1. The number of nitrogens with zero attached hydrogens (tertiary/aromatic N) is 5. The molecule has 1 aliphatic heterocycles. The molecule has 2 aromatic heterocycles. The molecule has 0 radical (unpaired) electrons. The predicted octanol–water partition coefficient (Wildman–Crippen LogP) is 1.60. The molecule has 8 nitrogen and oxygen atoms in total. The zero-order valence-corrected chi connectivity index (χ0v) is 15.9. The van der Waals surface area contributed by atoms with Crippen LogP contribution in [0.15, 0.2) is 10.9 Å². The average molecular weight is 360 g/mol. The molecule has 1 amide bonds. The van der Waals surface area contributed by atoms with E-state index in [-0.39, 0.29) is 11.8 Å². The Kier molecular flexibility index (Phi) is 6.03. The molecule has 0 saturated carbocycles. The molecule has 0 aliphatic carbocycles. The van der Waals surface area contributed by atoms with Crippen molar-refractivity contribution in [2.24, 2.45) is 5.92 Å². The fourth-order valence-corrected chi connectivity index (χ4v) is 3.55. The van der Waals surface area contributed by atoms with Crippen LogP contribution in [0.4, 0.5) is 5.82 Å². The minimum Gasteiger partial charge on any atom is -0.355 e. The van der Waals surface area contributed by atoms with Crippen molar-refractivity contribution in [1.82, 2.24) is 25.3 Å². The Morgan fingerprint density at radius 2 is 2.19 bits per heavy atom. The Balaban J connectivity index is 1.63. The van der Waals surface area contributed by atoms with Gasteiger partial charge in [-0.3, -0.25) is 4.79 Å². The first-order valence-electron chi connectivity index (χ1n) is 9.46. The number of nitrogens with one attached hydrogen (secondary N) is 1. The van der Waals surface area contributed by atoms with Gasteiger partial charge in [0.1, 0.15) is 17.5 Å². The summed E-state index contributed by atoms with van der Waals surface area (Å²) in [6, 6.07) is 0. The van der Waals surface area contributed by atoms with Crippen LogP contribution in [0.3, 0.4) is 0 Å². The Bertz CT molecular complexity index is 742. The molecule has 0 bridgehead atoms. The number of likely N-dealkylation sites (N-methyl/N-ethyl adjacent to an activating group) is 1. The van der Waals surface area contributed by atoms with Crippen LogP contribution in [0.5, 0.6) is 0 Å². The number of fused-ring (bicyclic) bond motifs is 1. The van der Waals surface area contributed by atoms with Crippen LogP contribution in [-0.2, 0) is 4.79 Å². The molecule has 3 heterocycles. The van der Waals surface area contributed by atoms with Crippen molar-refractivity contribution in [3.05, 3.63) is 12.0 Å². The maximum atomic E-state index is 12.6. The van der Waals surface area contributed by atoms with Crippen LogP contribution < -0.4 is 10.2 Å². The topological polar surface area (TPSA) is 87.4 Å². The van der Waals surface area contributed by atoms with Crippen LogP contribution >= 0.6 is 0 Å². The molecule has 0 aromatic carbocycles. The van der Waals surface area contributed by atoms with E-state index in [1.165, 1.54) is 6.33 Å². The third kappa shape index (κ3) is 3.95. The van der Waals surface area contributed by atoms with Gasteiger partial charge >= 0.3 is 0 Å². The number of rotatable bonds is 7. The van der Waals surface area contributed by atoms with E-state index in [4.69, 9.17) is 4.52 Å². The second kappa shape index (κ2) is 8.44. The average Bonchev–Trinajstić information content (AvgIpc) is 3.06. The van der Waals surface area contributed by atoms with E-state index in [0.29, 0.717) is 18.8 Å². The Morgan fingerprint density at radius 3 is 2.96 bits per heavy atom. The molecule has 0 spiro atoms. The van der Waals surface area contributed by atoms with E-state index in [1.807, 2.05) is 6.92 Å². The van der Waals surface area contributed by atoms with Gasteiger partial charge in [-0.2, -0.15) is 4.98 Å². The minimum atomic E-state index is -0.0226. The van der Waals surface area contributed by atoms with Crippen molar-refractivity contribution in [2.45, 2.75) is 33.6 Å². The number of carbonyl (C=O) groups excluding carboxylic acids is 1. The number of aryl methyl sites for hydroxylation is 1.